The summed E-state index contributed by atoms with van der Waals surface area (Å²) in [7, 11) is 1.81. The van der Waals surface area contributed by atoms with Crippen LogP contribution in [0, 0.1) is 11.3 Å². The molecule has 6 heteroatoms. The predicted molar refractivity (Wildman–Crippen MR) is 61.3 cm³/mol. The molecular formula is C10H7ClN4S. The van der Waals surface area contributed by atoms with Crippen LogP contribution in [0.15, 0.2) is 34.6 Å². The van der Waals surface area contributed by atoms with Gasteiger partial charge in [-0.05, 0) is 30.0 Å². The Bertz CT molecular complexity index is 558. The van der Waals surface area contributed by atoms with Crippen molar-refractivity contribution in [1.82, 2.24) is 14.8 Å². The van der Waals surface area contributed by atoms with Gasteiger partial charge in [0.1, 0.15) is 6.33 Å². The molecule has 0 saturated heterocycles. The predicted octanol–water partition coefficient (Wildman–Crippen LogP) is 2.49. The van der Waals surface area contributed by atoms with Crippen LogP contribution in [-0.4, -0.2) is 14.8 Å². The first kappa shape index (κ1) is 11.0. The second-order valence-corrected chi connectivity index (χ2v) is 4.44. The van der Waals surface area contributed by atoms with Crippen LogP contribution in [0.25, 0.3) is 0 Å². The fourth-order valence-electron chi connectivity index (χ4n) is 1.13. The van der Waals surface area contributed by atoms with Gasteiger partial charge >= 0.3 is 0 Å². The molecule has 0 unspecified atom stereocenters. The third kappa shape index (κ3) is 2.18. The van der Waals surface area contributed by atoms with E-state index < -0.39 is 0 Å². The number of halogens is 1. The molecule has 0 atom stereocenters. The van der Waals surface area contributed by atoms with Crippen LogP contribution in [0.3, 0.4) is 0 Å². The summed E-state index contributed by atoms with van der Waals surface area (Å²) < 4.78 is 1.67. The Morgan fingerprint density at radius 1 is 1.50 bits per heavy atom. The molecule has 1 aromatic carbocycles. The van der Waals surface area contributed by atoms with Gasteiger partial charge in [-0.15, -0.1) is 0 Å². The number of nitriles is 1. The van der Waals surface area contributed by atoms with Crippen LogP contribution in [0.4, 0.5) is 0 Å². The lowest BCUT2D eigenvalue weighted by molar-refractivity contribution is 0.685. The largest absolute Gasteiger partial charge is 0.244 e. The number of hydrogen-bond donors (Lipinski definition) is 0. The number of hydrogen-bond acceptors (Lipinski definition) is 4. The Kier molecular flexibility index (Phi) is 3.13. The third-order valence-corrected chi connectivity index (χ3v) is 3.48. The van der Waals surface area contributed by atoms with Gasteiger partial charge in [0.2, 0.25) is 0 Å². The Hall–Kier alpha value is -1.51. The quantitative estimate of drug-likeness (QED) is 0.822. The van der Waals surface area contributed by atoms with Crippen molar-refractivity contribution in [1.29, 1.82) is 5.26 Å². The summed E-state index contributed by atoms with van der Waals surface area (Å²) in [6, 6.07) is 7.21. The second-order valence-electron chi connectivity index (χ2n) is 3.03. The standard InChI is InChI=1S/C10H7ClN4S/c1-15-10(13-6-14-15)16-9-3-2-7(5-12)4-8(9)11/h2-4,6H,1H3. The van der Waals surface area contributed by atoms with Gasteiger partial charge in [-0.3, -0.25) is 0 Å². The number of rotatable bonds is 2. The van der Waals surface area contributed by atoms with Gasteiger partial charge in [0.05, 0.1) is 16.7 Å². The summed E-state index contributed by atoms with van der Waals surface area (Å²) in [6.07, 6.45) is 1.49. The Labute approximate surface area is 102 Å². The number of aryl methyl sites for hydroxylation is 1. The minimum atomic E-state index is 0.548. The van der Waals surface area contributed by atoms with Gasteiger partial charge in [-0.2, -0.15) is 10.4 Å². The van der Waals surface area contributed by atoms with Crippen molar-refractivity contribution in [2.24, 2.45) is 7.05 Å². The second kappa shape index (κ2) is 4.56. The highest BCUT2D eigenvalue weighted by atomic mass is 35.5. The van der Waals surface area contributed by atoms with Crippen molar-refractivity contribution in [2.45, 2.75) is 10.1 Å². The molecule has 0 bridgehead atoms. The van der Waals surface area contributed by atoms with E-state index in [9.17, 15) is 0 Å². The minimum absolute atomic E-state index is 0.548. The summed E-state index contributed by atoms with van der Waals surface area (Å²) in [5.74, 6) is 0. The first-order chi connectivity index (χ1) is 7.70. The van der Waals surface area contributed by atoms with Gasteiger partial charge in [0, 0.05) is 11.9 Å². The smallest absolute Gasteiger partial charge is 0.190 e. The van der Waals surface area contributed by atoms with E-state index in [1.807, 2.05) is 13.1 Å². The molecule has 16 heavy (non-hydrogen) atoms. The molecule has 0 radical (unpaired) electrons. The van der Waals surface area contributed by atoms with E-state index in [-0.39, 0.29) is 0 Å². The molecule has 0 saturated carbocycles. The lowest BCUT2D eigenvalue weighted by atomic mass is 10.2. The summed E-state index contributed by atoms with van der Waals surface area (Å²) in [4.78, 5) is 4.94. The van der Waals surface area contributed by atoms with Crippen LogP contribution in [0.2, 0.25) is 5.02 Å². The van der Waals surface area contributed by atoms with E-state index in [2.05, 4.69) is 10.1 Å². The van der Waals surface area contributed by atoms with Crippen LogP contribution in [0.5, 0.6) is 0 Å². The highest BCUT2D eigenvalue weighted by molar-refractivity contribution is 7.99. The van der Waals surface area contributed by atoms with Crippen LogP contribution in [-0.2, 0) is 7.05 Å². The van der Waals surface area contributed by atoms with E-state index in [0.717, 1.165) is 10.1 Å². The Morgan fingerprint density at radius 3 is 2.88 bits per heavy atom. The first-order valence-corrected chi connectivity index (χ1v) is 5.61. The van der Waals surface area contributed by atoms with E-state index in [4.69, 9.17) is 16.9 Å². The van der Waals surface area contributed by atoms with Crippen molar-refractivity contribution in [3.8, 4) is 6.07 Å². The zero-order chi connectivity index (χ0) is 11.5. The average Bonchev–Trinajstić information content (AvgIpc) is 2.67. The number of aromatic nitrogens is 3. The molecule has 0 aliphatic carbocycles. The van der Waals surface area contributed by atoms with Gasteiger partial charge in [-0.25, -0.2) is 9.67 Å². The lowest BCUT2D eigenvalue weighted by Crippen LogP contribution is -1.92. The van der Waals surface area contributed by atoms with Crippen molar-refractivity contribution in [3.63, 3.8) is 0 Å². The highest BCUT2D eigenvalue weighted by Crippen LogP contribution is 2.32. The third-order valence-electron chi connectivity index (χ3n) is 1.93. The molecular weight excluding hydrogens is 244 g/mol. The monoisotopic (exact) mass is 250 g/mol. The van der Waals surface area contributed by atoms with Crippen LogP contribution < -0.4 is 0 Å². The summed E-state index contributed by atoms with van der Waals surface area (Å²) in [5, 5.41) is 14.0. The molecule has 0 aliphatic rings. The SMILES string of the molecule is Cn1ncnc1Sc1ccc(C#N)cc1Cl. The fourth-order valence-corrected chi connectivity index (χ4v) is 2.19. The maximum absolute atomic E-state index is 8.71. The van der Waals surface area contributed by atoms with E-state index in [0.29, 0.717) is 10.6 Å². The van der Waals surface area contributed by atoms with Crippen molar-refractivity contribution in [2.75, 3.05) is 0 Å². The fraction of sp³-hybridized carbons (Fsp3) is 0.100. The molecule has 2 aromatic rings. The van der Waals surface area contributed by atoms with E-state index >= 15 is 0 Å². The van der Waals surface area contributed by atoms with Gasteiger partial charge in [0.25, 0.3) is 0 Å². The Balaban J connectivity index is 2.30. The number of nitrogens with zero attached hydrogens (tertiary/aromatic N) is 4. The van der Waals surface area contributed by atoms with Crippen LogP contribution in [0.1, 0.15) is 5.56 Å². The van der Waals surface area contributed by atoms with Gasteiger partial charge in [0.15, 0.2) is 5.16 Å². The maximum atomic E-state index is 8.71. The molecule has 0 spiro atoms. The molecule has 0 amide bonds. The van der Waals surface area contributed by atoms with Crippen molar-refractivity contribution in [3.05, 3.63) is 35.1 Å². The normalized spacial score (nSPS) is 10.1. The molecule has 0 N–H and O–H groups in total. The van der Waals surface area contributed by atoms with E-state index in [1.54, 1.807) is 22.9 Å². The lowest BCUT2D eigenvalue weighted by Gasteiger charge is -2.02. The van der Waals surface area contributed by atoms with Crippen molar-refractivity contribution < 1.29 is 0 Å². The average molecular weight is 251 g/mol. The highest BCUT2D eigenvalue weighted by Gasteiger charge is 2.07. The molecule has 80 valence electrons. The van der Waals surface area contributed by atoms with E-state index in [1.165, 1.54) is 18.1 Å². The summed E-state index contributed by atoms with van der Waals surface area (Å²) >= 11 is 7.46. The number of benzene rings is 1. The summed E-state index contributed by atoms with van der Waals surface area (Å²) in [5.41, 5.74) is 0.548. The zero-order valence-corrected chi connectivity index (χ0v) is 9.96. The van der Waals surface area contributed by atoms with Gasteiger partial charge in [-0.1, -0.05) is 11.6 Å². The molecule has 2 rings (SSSR count). The topological polar surface area (TPSA) is 54.5 Å². The minimum Gasteiger partial charge on any atom is -0.244 e. The molecule has 0 fully saturated rings. The van der Waals surface area contributed by atoms with Crippen molar-refractivity contribution >= 4 is 23.4 Å². The summed E-state index contributed by atoms with van der Waals surface area (Å²) in [6.45, 7) is 0. The zero-order valence-electron chi connectivity index (χ0n) is 8.38. The molecule has 4 nitrogen and oxygen atoms in total. The molecule has 1 aromatic heterocycles. The maximum Gasteiger partial charge on any atom is 0.190 e. The van der Waals surface area contributed by atoms with Gasteiger partial charge < -0.3 is 0 Å². The Morgan fingerprint density at radius 2 is 2.31 bits per heavy atom. The van der Waals surface area contributed by atoms with Crippen LogP contribution >= 0.6 is 23.4 Å². The first-order valence-electron chi connectivity index (χ1n) is 4.42. The molecule has 0 aliphatic heterocycles. The molecule has 1 heterocycles.